The van der Waals surface area contributed by atoms with E-state index in [9.17, 15) is 4.79 Å². The Bertz CT molecular complexity index is 807. The number of carbonyl (C=O) groups excluding carboxylic acids is 1. The second kappa shape index (κ2) is 6.79. The molecule has 3 unspecified atom stereocenters. The van der Waals surface area contributed by atoms with Gasteiger partial charge in [-0.15, -0.1) is 0 Å². The van der Waals surface area contributed by atoms with Crippen LogP contribution in [0.4, 0.5) is 0 Å². The molecule has 0 saturated carbocycles. The normalized spacial score (nSPS) is 28.7. The number of carbonyl (C=O) groups is 1. The molecule has 0 bridgehead atoms. The number of H-pyrrole nitrogens is 1. The van der Waals surface area contributed by atoms with Crippen molar-refractivity contribution in [1.82, 2.24) is 15.1 Å². The van der Waals surface area contributed by atoms with Crippen LogP contribution < -0.4 is 0 Å². The number of aromatic amines is 1. The van der Waals surface area contributed by atoms with Crippen LogP contribution in [-0.4, -0.2) is 58.5 Å². The molecular formula is C19H22BrN3O3. The molecular weight excluding hydrogens is 398 g/mol. The van der Waals surface area contributed by atoms with Crippen molar-refractivity contribution in [2.24, 2.45) is 0 Å². The van der Waals surface area contributed by atoms with Gasteiger partial charge in [0.2, 0.25) is 0 Å². The van der Waals surface area contributed by atoms with Crippen molar-refractivity contribution in [3.05, 3.63) is 40.5 Å². The summed E-state index contributed by atoms with van der Waals surface area (Å²) in [6.45, 7) is 5.82. The van der Waals surface area contributed by atoms with Gasteiger partial charge in [0, 0.05) is 29.6 Å². The third-order valence-electron chi connectivity index (χ3n) is 5.24. The van der Waals surface area contributed by atoms with E-state index in [0.717, 1.165) is 22.2 Å². The highest BCUT2D eigenvalue weighted by molar-refractivity contribution is 9.10. The van der Waals surface area contributed by atoms with Crippen LogP contribution in [0.25, 0.3) is 11.3 Å². The van der Waals surface area contributed by atoms with Gasteiger partial charge in [0.1, 0.15) is 11.3 Å². The average molecular weight is 420 g/mol. The van der Waals surface area contributed by atoms with Gasteiger partial charge in [-0.05, 0) is 32.0 Å². The Morgan fingerprint density at radius 3 is 2.81 bits per heavy atom. The molecule has 2 saturated heterocycles. The number of amides is 1. The molecule has 3 atom stereocenters. The molecule has 0 radical (unpaired) electrons. The first-order valence-electron chi connectivity index (χ1n) is 8.87. The lowest BCUT2D eigenvalue weighted by molar-refractivity contribution is -0.160. The van der Waals surface area contributed by atoms with E-state index in [1.807, 2.05) is 49.1 Å². The maximum atomic E-state index is 13.0. The standard InChI is InChI=1S/C19H22BrN3O3/c1-12-10-23(11-19(26-12)7-8-25-13(19)2)18(24)17-9-16(21-22-17)14-3-5-15(20)6-4-14/h3-6,9,12-13H,7-8,10-11H2,1-2H3,(H,21,22). The van der Waals surface area contributed by atoms with Crippen molar-refractivity contribution in [2.75, 3.05) is 19.7 Å². The maximum absolute atomic E-state index is 13.0. The fourth-order valence-electron chi connectivity index (χ4n) is 3.82. The van der Waals surface area contributed by atoms with Gasteiger partial charge < -0.3 is 14.4 Å². The monoisotopic (exact) mass is 419 g/mol. The Hall–Kier alpha value is -1.70. The van der Waals surface area contributed by atoms with Gasteiger partial charge in [-0.25, -0.2) is 0 Å². The average Bonchev–Trinajstić information content (AvgIpc) is 3.23. The number of nitrogens with zero attached hydrogens (tertiary/aromatic N) is 2. The molecule has 1 spiro atoms. The summed E-state index contributed by atoms with van der Waals surface area (Å²) in [6.07, 6.45) is 0.779. The van der Waals surface area contributed by atoms with Gasteiger partial charge in [0.05, 0.1) is 24.4 Å². The lowest BCUT2D eigenvalue weighted by Crippen LogP contribution is -2.59. The Morgan fingerprint density at radius 2 is 2.12 bits per heavy atom. The van der Waals surface area contributed by atoms with Crippen molar-refractivity contribution in [2.45, 2.75) is 38.1 Å². The smallest absolute Gasteiger partial charge is 0.272 e. The molecule has 1 aromatic carbocycles. The fraction of sp³-hybridized carbons (Fsp3) is 0.474. The number of nitrogens with one attached hydrogen (secondary N) is 1. The molecule has 7 heteroatoms. The fourth-order valence-corrected chi connectivity index (χ4v) is 4.09. The van der Waals surface area contributed by atoms with Crippen molar-refractivity contribution in [3.63, 3.8) is 0 Å². The van der Waals surface area contributed by atoms with E-state index in [4.69, 9.17) is 9.47 Å². The predicted molar refractivity (Wildman–Crippen MR) is 101 cm³/mol. The summed E-state index contributed by atoms with van der Waals surface area (Å²) in [5.41, 5.74) is 1.82. The summed E-state index contributed by atoms with van der Waals surface area (Å²) in [5.74, 6) is -0.0468. The van der Waals surface area contributed by atoms with E-state index in [0.29, 0.717) is 25.4 Å². The second-order valence-electron chi connectivity index (χ2n) is 7.12. The van der Waals surface area contributed by atoms with Gasteiger partial charge in [-0.3, -0.25) is 9.89 Å². The predicted octanol–water partition coefficient (Wildman–Crippen LogP) is 3.25. The number of ether oxygens (including phenoxy) is 2. The van der Waals surface area contributed by atoms with Crippen molar-refractivity contribution in [1.29, 1.82) is 0 Å². The van der Waals surface area contributed by atoms with Crippen molar-refractivity contribution < 1.29 is 14.3 Å². The molecule has 26 heavy (non-hydrogen) atoms. The minimum Gasteiger partial charge on any atom is -0.375 e. The van der Waals surface area contributed by atoms with Gasteiger partial charge in [0.15, 0.2) is 0 Å². The van der Waals surface area contributed by atoms with Crippen molar-refractivity contribution in [3.8, 4) is 11.3 Å². The summed E-state index contributed by atoms with van der Waals surface area (Å²) >= 11 is 3.43. The maximum Gasteiger partial charge on any atom is 0.272 e. The number of rotatable bonds is 2. The highest BCUT2D eigenvalue weighted by Crippen LogP contribution is 2.35. The Labute approximate surface area is 161 Å². The second-order valence-corrected chi connectivity index (χ2v) is 8.03. The van der Waals surface area contributed by atoms with E-state index in [1.54, 1.807) is 0 Å². The van der Waals surface area contributed by atoms with E-state index in [2.05, 4.69) is 26.1 Å². The van der Waals surface area contributed by atoms with Gasteiger partial charge in [-0.2, -0.15) is 5.10 Å². The van der Waals surface area contributed by atoms with Gasteiger partial charge in [-0.1, -0.05) is 28.1 Å². The van der Waals surface area contributed by atoms with Crippen LogP contribution >= 0.6 is 15.9 Å². The Morgan fingerprint density at radius 1 is 1.35 bits per heavy atom. The number of hydrogen-bond acceptors (Lipinski definition) is 4. The molecule has 1 amide bonds. The first-order valence-corrected chi connectivity index (χ1v) is 9.66. The van der Waals surface area contributed by atoms with Crippen LogP contribution in [0, 0.1) is 0 Å². The van der Waals surface area contributed by atoms with Crippen LogP contribution in [0.1, 0.15) is 30.8 Å². The first-order chi connectivity index (χ1) is 12.5. The largest absolute Gasteiger partial charge is 0.375 e. The Balaban J connectivity index is 1.55. The molecule has 2 aliphatic heterocycles. The van der Waals surface area contributed by atoms with Gasteiger partial charge in [0.25, 0.3) is 5.91 Å². The van der Waals surface area contributed by atoms with Gasteiger partial charge >= 0.3 is 0 Å². The van der Waals surface area contributed by atoms with E-state index in [-0.39, 0.29) is 18.1 Å². The summed E-state index contributed by atoms with van der Waals surface area (Å²) in [4.78, 5) is 14.9. The molecule has 4 rings (SSSR count). The van der Waals surface area contributed by atoms with Crippen LogP contribution in [0.3, 0.4) is 0 Å². The highest BCUT2D eigenvalue weighted by atomic mass is 79.9. The molecule has 2 aromatic rings. The molecule has 1 aromatic heterocycles. The number of benzene rings is 1. The highest BCUT2D eigenvalue weighted by Gasteiger charge is 2.49. The zero-order valence-corrected chi connectivity index (χ0v) is 16.5. The lowest BCUT2D eigenvalue weighted by atomic mass is 9.93. The van der Waals surface area contributed by atoms with Crippen LogP contribution in [-0.2, 0) is 9.47 Å². The summed E-state index contributed by atoms with van der Waals surface area (Å²) in [5, 5.41) is 7.21. The zero-order valence-electron chi connectivity index (χ0n) is 14.9. The summed E-state index contributed by atoms with van der Waals surface area (Å²) < 4.78 is 12.9. The molecule has 2 fully saturated rings. The third-order valence-corrected chi connectivity index (χ3v) is 5.77. The third kappa shape index (κ3) is 3.19. The quantitative estimate of drug-likeness (QED) is 0.810. The molecule has 2 aliphatic rings. The topological polar surface area (TPSA) is 67.5 Å². The zero-order chi connectivity index (χ0) is 18.3. The van der Waals surface area contributed by atoms with E-state index in [1.165, 1.54) is 0 Å². The lowest BCUT2D eigenvalue weighted by Gasteiger charge is -2.44. The van der Waals surface area contributed by atoms with Crippen LogP contribution in [0.2, 0.25) is 0 Å². The molecule has 6 nitrogen and oxygen atoms in total. The van der Waals surface area contributed by atoms with E-state index >= 15 is 0 Å². The van der Waals surface area contributed by atoms with E-state index < -0.39 is 5.60 Å². The van der Waals surface area contributed by atoms with Crippen molar-refractivity contribution >= 4 is 21.8 Å². The molecule has 3 heterocycles. The number of hydrogen-bond donors (Lipinski definition) is 1. The summed E-state index contributed by atoms with van der Waals surface area (Å²) in [6, 6.07) is 9.67. The molecule has 0 aliphatic carbocycles. The minimum atomic E-state index is -0.401. The van der Waals surface area contributed by atoms with Crippen LogP contribution in [0.15, 0.2) is 34.8 Å². The summed E-state index contributed by atoms with van der Waals surface area (Å²) in [7, 11) is 0. The SMILES string of the molecule is CC1CN(C(=O)c2cc(-c3ccc(Br)cc3)n[nH]2)CC2(CCOC2C)O1. The minimum absolute atomic E-state index is 0.0133. The number of halogens is 1. The molecule has 138 valence electrons. The van der Waals surface area contributed by atoms with Crippen LogP contribution in [0.5, 0.6) is 0 Å². The number of aromatic nitrogens is 2. The first kappa shape index (κ1) is 17.7. The molecule has 1 N–H and O–H groups in total. The number of morpholine rings is 1. The Kier molecular flexibility index (Phi) is 4.62.